The Morgan fingerprint density at radius 1 is 1.04 bits per heavy atom. The number of benzene rings is 1. The molecule has 1 aromatic carbocycles. The minimum Gasteiger partial charge on any atom is -0.301 e. The Morgan fingerprint density at radius 3 is 1.88 bits per heavy atom. The number of hydrogen-bond donors (Lipinski definition) is 0. The summed E-state index contributed by atoms with van der Waals surface area (Å²) >= 11 is 0. The minimum atomic E-state index is -5.15. The molecular formula is C15H19F3NO4P. The van der Waals surface area contributed by atoms with Gasteiger partial charge in [0, 0.05) is 5.56 Å². The van der Waals surface area contributed by atoms with Crippen LogP contribution in [0.2, 0.25) is 0 Å². The van der Waals surface area contributed by atoms with Crippen molar-refractivity contribution in [3.8, 4) is 0 Å². The van der Waals surface area contributed by atoms with Gasteiger partial charge in [0.1, 0.15) is 0 Å². The number of carbonyl (C=O) groups excluding carboxylic acids is 1. The molecule has 9 heteroatoms. The summed E-state index contributed by atoms with van der Waals surface area (Å²) in [6, 6.07) is 7.16. The lowest BCUT2D eigenvalue weighted by atomic mass is 10.2. The van der Waals surface area contributed by atoms with E-state index in [1.165, 1.54) is 52.0 Å². The standard InChI is InChI=1S/C15H19F3NO4P/c1-10(2)22-24(21,23-11(3)4)14(15(16,17)18)19-13(20)12-8-6-5-7-9-12/h5-11H,1-4H3. The van der Waals surface area contributed by atoms with Gasteiger partial charge < -0.3 is 9.05 Å². The summed E-state index contributed by atoms with van der Waals surface area (Å²) < 4.78 is 62.6. The van der Waals surface area contributed by atoms with Crippen LogP contribution in [0.3, 0.4) is 0 Å². The number of rotatable bonds is 6. The maximum atomic E-state index is 13.4. The van der Waals surface area contributed by atoms with E-state index < -0.39 is 37.3 Å². The molecule has 0 aliphatic heterocycles. The Morgan fingerprint density at radius 2 is 1.50 bits per heavy atom. The number of carbonyl (C=O) groups is 1. The zero-order valence-electron chi connectivity index (χ0n) is 13.7. The van der Waals surface area contributed by atoms with E-state index in [9.17, 15) is 22.5 Å². The Labute approximate surface area is 138 Å². The molecule has 1 aromatic rings. The molecule has 0 aliphatic rings. The second-order valence-corrected chi connectivity index (χ2v) is 7.25. The molecule has 0 spiro atoms. The molecule has 0 saturated heterocycles. The molecule has 134 valence electrons. The molecule has 24 heavy (non-hydrogen) atoms. The van der Waals surface area contributed by atoms with Gasteiger partial charge >= 0.3 is 13.8 Å². The maximum absolute atomic E-state index is 13.4. The minimum absolute atomic E-state index is 0.0695. The van der Waals surface area contributed by atoms with Crippen molar-refractivity contribution in [1.82, 2.24) is 0 Å². The third-order valence-electron chi connectivity index (χ3n) is 2.44. The van der Waals surface area contributed by atoms with Gasteiger partial charge in [0.05, 0.1) is 12.2 Å². The highest BCUT2D eigenvalue weighted by atomic mass is 31.2. The SMILES string of the molecule is CC(C)OP(=O)(OC(C)C)C(=NC(=O)c1ccccc1)C(F)(F)F. The van der Waals surface area contributed by atoms with Gasteiger partial charge in [-0.15, -0.1) is 0 Å². The van der Waals surface area contributed by atoms with Crippen molar-refractivity contribution < 1.29 is 31.6 Å². The lowest BCUT2D eigenvalue weighted by molar-refractivity contribution is -0.0578. The largest absolute Gasteiger partial charge is 0.441 e. The van der Waals surface area contributed by atoms with Crippen LogP contribution in [0.5, 0.6) is 0 Å². The number of aliphatic imine (C=N–C) groups is 1. The Bertz CT molecular complexity index is 628. The summed E-state index contributed by atoms with van der Waals surface area (Å²) in [6.45, 7) is 5.62. The normalized spacial score (nSPS) is 13.6. The number of halogens is 3. The first-order valence-electron chi connectivity index (χ1n) is 7.18. The topological polar surface area (TPSA) is 65.0 Å². The van der Waals surface area contributed by atoms with Crippen LogP contribution in [0.15, 0.2) is 35.3 Å². The summed E-state index contributed by atoms with van der Waals surface area (Å²) in [5.74, 6) is -1.18. The first-order valence-corrected chi connectivity index (χ1v) is 8.72. The molecule has 0 N–H and O–H groups in total. The van der Waals surface area contributed by atoms with Crippen LogP contribution in [-0.4, -0.2) is 29.7 Å². The lowest BCUT2D eigenvalue weighted by Gasteiger charge is -2.24. The molecule has 0 saturated carbocycles. The van der Waals surface area contributed by atoms with Crippen molar-refractivity contribution in [2.24, 2.45) is 4.99 Å². The molecule has 0 fully saturated rings. The van der Waals surface area contributed by atoms with Crippen LogP contribution >= 0.6 is 7.60 Å². The zero-order chi connectivity index (χ0) is 18.5. The van der Waals surface area contributed by atoms with Gasteiger partial charge in [0.2, 0.25) is 5.45 Å². The molecule has 0 heterocycles. The van der Waals surface area contributed by atoms with Crippen molar-refractivity contribution in [2.75, 3.05) is 0 Å². The average Bonchev–Trinajstić information content (AvgIpc) is 2.42. The van der Waals surface area contributed by atoms with Crippen LogP contribution < -0.4 is 0 Å². The predicted octanol–water partition coefficient (Wildman–Crippen LogP) is 4.83. The van der Waals surface area contributed by atoms with Crippen LogP contribution in [-0.2, 0) is 13.6 Å². The first-order chi connectivity index (χ1) is 11.0. The molecule has 5 nitrogen and oxygen atoms in total. The second-order valence-electron chi connectivity index (χ2n) is 5.41. The third-order valence-corrected chi connectivity index (χ3v) is 4.71. The van der Waals surface area contributed by atoms with Gasteiger partial charge in [-0.2, -0.15) is 18.2 Å². The van der Waals surface area contributed by atoms with E-state index in [0.717, 1.165) is 0 Å². The first kappa shape index (κ1) is 20.5. The Balaban J connectivity index is 3.40. The van der Waals surface area contributed by atoms with Crippen molar-refractivity contribution in [3.63, 3.8) is 0 Å². The van der Waals surface area contributed by atoms with Crippen molar-refractivity contribution in [3.05, 3.63) is 35.9 Å². The summed E-state index contributed by atoms with van der Waals surface area (Å²) in [7, 11) is -4.83. The molecule has 0 bridgehead atoms. The van der Waals surface area contributed by atoms with Crippen LogP contribution in [0.4, 0.5) is 13.2 Å². The fourth-order valence-corrected chi connectivity index (χ4v) is 3.58. The van der Waals surface area contributed by atoms with Gasteiger partial charge in [0.25, 0.3) is 5.91 Å². The van der Waals surface area contributed by atoms with Crippen LogP contribution in [0.25, 0.3) is 0 Å². The van der Waals surface area contributed by atoms with Gasteiger partial charge in [-0.3, -0.25) is 9.36 Å². The number of hydrogen-bond acceptors (Lipinski definition) is 4. The van der Waals surface area contributed by atoms with E-state index in [2.05, 4.69) is 4.99 Å². The summed E-state index contributed by atoms with van der Waals surface area (Å²) in [4.78, 5) is 15.0. The van der Waals surface area contributed by atoms with E-state index >= 15 is 0 Å². The van der Waals surface area contributed by atoms with Crippen molar-refractivity contribution >= 4 is 19.0 Å². The van der Waals surface area contributed by atoms with E-state index in [1.54, 1.807) is 6.07 Å². The summed E-state index contributed by atoms with van der Waals surface area (Å²) in [5, 5.41) is 0. The fraction of sp³-hybridized carbons (Fsp3) is 0.467. The van der Waals surface area contributed by atoms with Gasteiger partial charge in [-0.25, -0.2) is 0 Å². The van der Waals surface area contributed by atoms with Gasteiger partial charge in [-0.05, 0) is 39.8 Å². The third kappa shape index (κ3) is 5.85. The molecule has 0 radical (unpaired) electrons. The fourth-order valence-electron chi connectivity index (χ4n) is 1.70. The Hall–Kier alpha value is -1.50. The predicted molar refractivity (Wildman–Crippen MR) is 84.3 cm³/mol. The molecule has 1 rings (SSSR count). The smallest absolute Gasteiger partial charge is 0.301 e. The highest BCUT2D eigenvalue weighted by Crippen LogP contribution is 2.56. The summed E-state index contributed by atoms with van der Waals surface area (Å²) in [6.07, 6.45) is -6.80. The molecular weight excluding hydrogens is 346 g/mol. The molecule has 0 aliphatic carbocycles. The van der Waals surface area contributed by atoms with E-state index in [1.807, 2.05) is 0 Å². The lowest BCUT2D eigenvalue weighted by Crippen LogP contribution is -2.28. The zero-order valence-corrected chi connectivity index (χ0v) is 14.6. The highest BCUT2D eigenvalue weighted by Gasteiger charge is 2.52. The second kappa shape index (κ2) is 8.05. The van der Waals surface area contributed by atoms with Crippen molar-refractivity contribution in [2.45, 2.75) is 46.1 Å². The number of amides is 1. The van der Waals surface area contributed by atoms with E-state index in [-0.39, 0.29) is 5.56 Å². The highest BCUT2D eigenvalue weighted by molar-refractivity contribution is 7.72. The van der Waals surface area contributed by atoms with E-state index in [4.69, 9.17) is 9.05 Å². The monoisotopic (exact) mass is 365 g/mol. The van der Waals surface area contributed by atoms with Gasteiger partial charge in [-0.1, -0.05) is 18.2 Å². The van der Waals surface area contributed by atoms with Crippen molar-refractivity contribution in [1.29, 1.82) is 0 Å². The molecule has 0 aromatic heterocycles. The molecule has 0 atom stereocenters. The Kier molecular flexibility index (Phi) is 6.89. The van der Waals surface area contributed by atoms with Crippen LogP contribution in [0.1, 0.15) is 38.1 Å². The maximum Gasteiger partial charge on any atom is 0.441 e. The molecule has 1 amide bonds. The quantitative estimate of drug-likeness (QED) is 0.535. The van der Waals surface area contributed by atoms with Gasteiger partial charge in [0.15, 0.2) is 0 Å². The average molecular weight is 365 g/mol. The number of nitrogens with zero attached hydrogens (tertiary/aromatic N) is 1. The number of alkyl halides is 3. The van der Waals surface area contributed by atoms with Crippen LogP contribution in [0, 0.1) is 0 Å². The summed E-state index contributed by atoms with van der Waals surface area (Å²) in [5.41, 5.74) is -1.92. The van der Waals surface area contributed by atoms with E-state index in [0.29, 0.717) is 0 Å². The molecule has 0 unspecified atom stereocenters.